The maximum atomic E-state index is 10.3. The average molecular weight is 407 g/mol. The maximum absolute atomic E-state index is 10.3. The Morgan fingerprint density at radius 2 is 1.93 bits per heavy atom. The van der Waals surface area contributed by atoms with E-state index < -0.39 is 0 Å². The van der Waals surface area contributed by atoms with Crippen LogP contribution < -0.4 is 5.32 Å². The minimum absolute atomic E-state index is 0.233. The molecule has 3 aromatic rings. The van der Waals surface area contributed by atoms with Gasteiger partial charge in [0.15, 0.2) is 0 Å². The molecule has 0 bridgehead atoms. The Hall–Kier alpha value is -2.50. The highest BCUT2D eigenvalue weighted by Gasteiger charge is 2.16. The molecule has 1 atom stereocenters. The lowest BCUT2D eigenvalue weighted by Gasteiger charge is -2.15. The average Bonchev–Trinajstić information content (AvgIpc) is 3.27. The number of phenolic OH excluding ortho intramolecular Hbond substituents is 1. The lowest BCUT2D eigenvalue weighted by Crippen LogP contribution is -2.19. The topological polar surface area (TPSA) is 54.4 Å². The molecule has 4 nitrogen and oxygen atoms in total. The number of phenols is 1. The van der Waals surface area contributed by atoms with Gasteiger partial charge in [0.05, 0.1) is 11.8 Å². The van der Waals surface area contributed by atoms with E-state index >= 15 is 0 Å². The Morgan fingerprint density at radius 1 is 1.10 bits per heavy atom. The second kappa shape index (κ2) is 9.33. The lowest BCUT2D eigenvalue weighted by molar-refractivity contribution is 0.120. The summed E-state index contributed by atoms with van der Waals surface area (Å²) in [6, 6.07) is 20.0. The Balaban J connectivity index is 1.68. The monoisotopic (exact) mass is 406 g/mol. The van der Waals surface area contributed by atoms with E-state index in [0.29, 0.717) is 0 Å². The normalized spacial score (nSPS) is 16.1. The van der Waals surface area contributed by atoms with Crippen molar-refractivity contribution in [1.29, 1.82) is 0 Å². The molecule has 1 fully saturated rings. The quantitative estimate of drug-likeness (QED) is 0.484. The number of pyridine rings is 1. The number of hydrogen-bond acceptors (Lipinski definition) is 5. The van der Waals surface area contributed by atoms with Crippen molar-refractivity contribution in [2.45, 2.75) is 30.8 Å². The first-order valence-corrected chi connectivity index (χ1v) is 11.1. The number of ether oxygens (including phenoxy) is 1. The van der Waals surface area contributed by atoms with Gasteiger partial charge in [0.2, 0.25) is 0 Å². The number of anilines is 1. The highest BCUT2D eigenvalue weighted by Crippen LogP contribution is 2.33. The van der Waals surface area contributed by atoms with Crippen molar-refractivity contribution in [3.8, 4) is 28.1 Å². The van der Waals surface area contributed by atoms with Crippen LogP contribution in [0.4, 0.5) is 5.82 Å². The summed E-state index contributed by atoms with van der Waals surface area (Å²) in [7, 11) is 0. The predicted molar refractivity (Wildman–Crippen MR) is 121 cm³/mol. The zero-order valence-corrected chi connectivity index (χ0v) is 17.4. The molecule has 2 aromatic carbocycles. The fourth-order valence-electron chi connectivity index (χ4n) is 3.55. The summed E-state index contributed by atoms with van der Waals surface area (Å²) in [6.07, 6.45) is 2.43. The molecule has 1 saturated heterocycles. The van der Waals surface area contributed by atoms with E-state index in [0.717, 1.165) is 59.9 Å². The van der Waals surface area contributed by atoms with Crippen LogP contribution >= 0.6 is 11.8 Å². The highest BCUT2D eigenvalue weighted by molar-refractivity contribution is 7.99. The Bertz CT molecular complexity index is 953. The highest BCUT2D eigenvalue weighted by atomic mass is 32.2. The first-order valence-electron chi connectivity index (χ1n) is 10.1. The zero-order valence-electron chi connectivity index (χ0n) is 16.6. The van der Waals surface area contributed by atoms with E-state index in [1.165, 1.54) is 4.90 Å². The molecule has 0 aliphatic carbocycles. The fraction of sp³-hybridized carbons (Fsp3) is 0.292. The summed E-state index contributed by atoms with van der Waals surface area (Å²) < 4.78 is 5.73. The molecule has 2 heterocycles. The van der Waals surface area contributed by atoms with Gasteiger partial charge in [-0.15, -0.1) is 11.8 Å². The molecule has 1 aromatic heterocycles. The molecule has 0 saturated carbocycles. The number of rotatable bonds is 7. The van der Waals surface area contributed by atoms with Crippen LogP contribution in [0.5, 0.6) is 5.75 Å². The van der Waals surface area contributed by atoms with Crippen LogP contribution in [0.1, 0.15) is 19.8 Å². The minimum Gasteiger partial charge on any atom is -0.507 e. The SMILES string of the molecule is CCSc1ccc(-c2cc(NCC3CCCO3)nc(-c3ccccc3O)c2)cc1. The van der Waals surface area contributed by atoms with Crippen LogP contribution in [0.2, 0.25) is 0 Å². The molecular weight excluding hydrogens is 380 g/mol. The van der Waals surface area contributed by atoms with Crippen molar-refractivity contribution in [2.24, 2.45) is 0 Å². The van der Waals surface area contributed by atoms with Gasteiger partial charge in [-0.3, -0.25) is 0 Å². The summed E-state index contributed by atoms with van der Waals surface area (Å²) in [5.41, 5.74) is 3.68. The number of nitrogens with zero attached hydrogens (tertiary/aromatic N) is 1. The zero-order chi connectivity index (χ0) is 20.1. The molecule has 29 heavy (non-hydrogen) atoms. The fourth-order valence-corrected chi connectivity index (χ4v) is 4.21. The predicted octanol–water partition coefficient (Wildman–Crippen LogP) is 5.82. The molecule has 1 unspecified atom stereocenters. The van der Waals surface area contributed by atoms with Crippen molar-refractivity contribution < 1.29 is 9.84 Å². The van der Waals surface area contributed by atoms with Crippen molar-refractivity contribution in [3.05, 3.63) is 60.7 Å². The van der Waals surface area contributed by atoms with E-state index in [1.807, 2.05) is 36.0 Å². The van der Waals surface area contributed by atoms with Crippen LogP contribution in [0.15, 0.2) is 65.6 Å². The van der Waals surface area contributed by atoms with Crippen molar-refractivity contribution >= 4 is 17.6 Å². The van der Waals surface area contributed by atoms with Gasteiger partial charge in [0, 0.05) is 23.6 Å². The smallest absolute Gasteiger partial charge is 0.127 e. The molecule has 0 radical (unpaired) electrons. The third-order valence-corrected chi connectivity index (χ3v) is 5.93. The second-order valence-electron chi connectivity index (χ2n) is 7.12. The van der Waals surface area contributed by atoms with Gasteiger partial charge < -0.3 is 15.2 Å². The van der Waals surface area contributed by atoms with Crippen molar-refractivity contribution in [1.82, 2.24) is 4.98 Å². The van der Waals surface area contributed by atoms with Crippen LogP contribution in [-0.4, -0.2) is 35.1 Å². The van der Waals surface area contributed by atoms with Gasteiger partial charge >= 0.3 is 0 Å². The molecule has 150 valence electrons. The summed E-state index contributed by atoms with van der Waals surface area (Å²) in [5, 5.41) is 13.8. The van der Waals surface area contributed by atoms with E-state index in [9.17, 15) is 5.11 Å². The number of aromatic nitrogens is 1. The van der Waals surface area contributed by atoms with Gasteiger partial charge in [-0.2, -0.15) is 0 Å². The van der Waals surface area contributed by atoms with Gasteiger partial charge in [0.1, 0.15) is 11.6 Å². The minimum atomic E-state index is 0.233. The molecule has 2 N–H and O–H groups in total. The number of thioether (sulfide) groups is 1. The summed E-state index contributed by atoms with van der Waals surface area (Å²) in [5.74, 6) is 2.09. The van der Waals surface area contributed by atoms with E-state index in [4.69, 9.17) is 9.72 Å². The van der Waals surface area contributed by atoms with Gasteiger partial charge in [-0.05, 0) is 66.1 Å². The van der Waals surface area contributed by atoms with Crippen LogP contribution in [0.3, 0.4) is 0 Å². The van der Waals surface area contributed by atoms with Gasteiger partial charge in [0.25, 0.3) is 0 Å². The third kappa shape index (κ3) is 4.92. The number of aromatic hydroxyl groups is 1. The van der Waals surface area contributed by atoms with Crippen LogP contribution in [-0.2, 0) is 4.74 Å². The Labute approximate surface area is 176 Å². The van der Waals surface area contributed by atoms with E-state index in [-0.39, 0.29) is 11.9 Å². The maximum Gasteiger partial charge on any atom is 0.127 e. The van der Waals surface area contributed by atoms with E-state index in [1.54, 1.807) is 6.07 Å². The first-order chi connectivity index (χ1) is 14.2. The molecule has 4 rings (SSSR count). The largest absolute Gasteiger partial charge is 0.507 e. The molecular formula is C24H26N2O2S. The molecule has 1 aliphatic rings. The first kappa shape index (κ1) is 19.8. The molecule has 0 amide bonds. The number of para-hydroxylation sites is 1. The second-order valence-corrected chi connectivity index (χ2v) is 8.45. The number of nitrogens with one attached hydrogen (secondary N) is 1. The third-order valence-electron chi connectivity index (χ3n) is 5.04. The Kier molecular flexibility index (Phi) is 6.37. The Morgan fingerprint density at radius 3 is 2.66 bits per heavy atom. The van der Waals surface area contributed by atoms with Gasteiger partial charge in [-0.25, -0.2) is 4.98 Å². The van der Waals surface area contributed by atoms with Crippen LogP contribution in [0.25, 0.3) is 22.4 Å². The standard InChI is InChI=1S/C24H26N2O2S/c1-2-29-20-11-9-17(10-12-20)18-14-22(21-7-3-4-8-23(21)27)26-24(15-18)25-16-19-6-5-13-28-19/h3-4,7-12,14-15,19,27H,2,5-6,13,16H2,1H3,(H,25,26). The van der Waals surface area contributed by atoms with Crippen LogP contribution in [0, 0.1) is 0 Å². The van der Waals surface area contributed by atoms with Crippen molar-refractivity contribution in [3.63, 3.8) is 0 Å². The summed E-state index contributed by atoms with van der Waals surface area (Å²) in [4.78, 5) is 6.03. The number of benzene rings is 2. The molecule has 1 aliphatic heterocycles. The van der Waals surface area contributed by atoms with Gasteiger partial charge in [-0.1, -0.05) is 31.2 Å². The molecule has 5 heteroatoms. The lowest BCUT2D eigenvalue weighted by atomic mass is 10.0. The summed E-state index contributed by atoms with van der Waals surface area (Å²) >= 11 is 1.83. The van der Waals surface area contributed by atoms with Crippen molar-refractivity contribution in [2.75, 3.05) is 24.2 Å². The molecule has 0 spiro atoms. The summed E-state index contributed by atoms with van der Waals surface area (Å²) in [6.45, 7) is 3.74. The van der Waals surface area contributed by atoms with E-state index in [2.05, 4.69) is 42.6 Å². The number of hydrogen-bond donors (Lipinski definition) is 2.